The molecule has 1 saturated heterocycles. The standard InChI is InChI=1S/C23H22FN3O3/c24-22-20(23(29)30)21(28)17-7-6-15(26-11-9-25-10-12-26)13-19(17)27(22)18-8-5-14-3-1-2-4-16(14)18/h1-4,6-7,13,18,25H,5,8-12H2,(H,29,30). The smallest absolute Gasteiger partial charge is 0.344 e. The van der Waals surface area contributed by atoms with E-state index in [9.17, 15) is 14.7 Å². The molecule has 30 heavy (non-hydrogen) atoms. The highest BCUT2D eigenvalue weighted by molar-refractivity contribution is 5.94. The highest BCUT2D eigenvalue weighted by Crippen LogP contribution is 2.37. The Bertz CT molecular complexity index is 1210. The topological polar surface area (TPSA) is 74.6 Å². The van der Waals surface area contributed by atoms with Crippen LogP contribution in [0.25, 0.3) is 10.9 Å². The fraction of sp³-hybridized carbons (Fsp3) is 0.304. The number of carboxylic acid groups (broad SMARTS) is 1. The second-order valence-corrected chi connectivity index (χ2v) is 7.86. The lowest BCUT2D eigenvalue weighted by Crippen LogP contribution is -2.43. The van der Waals surface area contributed by atoms with Crippen molar-refractivity contribution in [2.75, 3.05) is 31.1 Å². The number of rotatable bonds is 3. The van der Waals surface area contributed by atoms with Crippen LogP contribution in [0.15, 0.2) is 47.3 Å². The fourth-order valence-corrected chi connectivity index (χ4v) is 4.78. The van der Waals surface area contributed by atoms with Gasteiger partial charge in [0.25, 0.3) is 0 Å². The lowest BCUT2D eigenvalue weighted by atomic mass is 10.0. The molecule has 1 aliphatic carbocycles. The summed E-state index contributed by atoms with van der Waals surface area (Å²) in [5.41, 5.74) is 1.89. The average Bonchev–Trinajstić information content (AvgIpc) is 3.18. The van der Waals surface area contributed by atoms with Gasteiger partial charge in [0.15, 0.2) is 5.56 Å². The molecule has 0 spiro atoms. The van der Waals surface area contributed by atoms with Crippen molar-refractivity contribution in [1.82, 2.24) is 9.88 Å². The van der Waals surface area contributed by atoms with E-state index in [1.807, 2.05) is 36.4 Å². The van der Waals surface area contributed by atoms with Crippen LogP contribution in [0.4, 0.5) is 10.1 Å². The Kier molecular flexibility index (Phi) is 4.55. The van der Waals surface area contributed by atoms with Gasteiger partial charge in [-0.2, -0.15) is 4.39 Å². The Morgan fingerprint density at radius 3 is 2.67 bits per heavy atom. The number of piperazine rings is 1. The van der Waals surface area contributed by atoms with Gasteiger partial charge < -0.3 is 19.9 Å². The number of nitrogens with zero attached hydrogens (tertiary/aromatic N) is 2. The Morgan fingerprint density at radius 2 is 1.90 bits per heavy atom. The van der Waals surface area contributed by atoms with Crippen molar-refractivity contribution in [2.45, 2.75) is 18.9 Å². The third kappa shape index (κ3) is 2.89. The van der Waals surface area contributed by atoms with Crippen molar-refractivity contribution >= 4 is 22.6 Å². The number of aromatic carboxylic acids is 1. The van der Waals surface area contributed by atoms with Crippen molar-refractivity contribution in [3.63, 3.8) is 0 Å². The van der Waals surface area contributed by atoms with Gasteiger partial charge in [-0.05, 0) is 42.2 Å². The molecule has 5 rings (SSSR count). The van der Waals surface area contributed by atoms with Gasteiger partial charge in [0.05, 0.1) is 11.6 Å². The lowest BCUT2D eigenvalue weighted by molar-refractivity contribution is 0.0688. The maximum absolute atomic E-state index is 15.6. The molecule has 1 unspecified atom stereocenters. The van der Waals surface area contributed by atoms with E-state index < -0.39 is 22.9 Å². The molecule has 2 aliphatic rings. The van der Waals surface area contributed by atoms with E-state index in [-0.39, 0.29) is 11.4 Å². The summed E-state index contributed by atoms with van der Waals surface area (Å²) in [4.78, 5) is 26.8. The van der Waals surface area contributed by atoms with Crippen LogP contribution in [0.3, 0.4) is 0 Å². The molecule has 0 radical (unpaired) electrons. The van der Waals surface area contributed by atoms with Gasteiger partial charge in [0.1, 0.15) is 0 Å². The normalized spacial score (nSPS) is 18.6. The summed E-state index contributed by atoms with van der Waals surface area (Å²) in [7, 11) is 0. The second kappa shape index (κ2) is 7.25. The molecule has 0 amide bonds. The largest absolute Gasteiger partial charge is 0.477 e. The molecule has 2 N–H and O–H groups in total. The van der Waals surface area contributed by atoms with Gasteiger partial charge in [-0.3, -0.25) is 4.79 Å². The Morgan fingerprint density at radius 1 is 1.13 bits per heavy atom. The summed E-state index contributed by atoms with van der Waals surface area (Å²) < 4.78 is 17.0. The number of hydrogen-bond donors (Lipinski definition) is 2. The predicted molar refractivity (Wildman–Crippen MR) is 113 cm³/mol. The van der Waals surface area contributed by atoms with Crippen molar-refractivity contribution in [3.05, 3.63) is 75.3 Å². The number of pyridine rings is 1. The SMILES string of the molecule is O=C(O)c1c(F)n(C2CCc3ccccc32)c2cc(N3CCNCC3)ccc2c1=O. The zero-order chi connectivity index (χ0) is 20.8. The number of carboxylic acids is 1. The molecule has 7 heteroatoms. The highest BCUT2D eigenvalue weighted by atomic mass is 19.1. The summed E-state index contributed by atoms with van der Waals surface area (Å²) in [5, 5.41) is 13.1. The molecule has 0 bridgehead atoms. The minimum Gasteiger partial charge on any atom is -0.477 e. The van der Waals surface area contributed by atoms with Gasteiger partial charge in [-0.15, -0.1) is 0 Å². The quantitative estimate of drug-likeness (QED) is 0.653. The Labute approximate surface area is 172 Å². The van der Waals surface area contributed by atoms with Gasteiger partial charge >= 0.3 is 5.97 Å². The minimum atomic E-state index is -1.54. The number of carbonyl (C=O) groups is 1. The van der Waals surface area contributed by atoms with Crippen LogP contribution >= 0.6 is 0 Å². The first-order valence-electron chi connectivity index (χ1n) is 10.2. The summed E-state index contributed by atoms with van der Waals surface area (Å²) in [5.74, 6) is -2.51. The molecule has 3 aromatic rings. The molecule has 2 heterocycles. The van der Waals surface area contributed by atoms with Gasteiger partial charge in [0, 0.05) is 37.3 Å². The maximum Gasteiger partial charge on any atom is 0.344 e. The van der Waals surface area contributed by atoms with E-state index in [0.29, 0.717) is 11.9 Å². The average molecular weight is 407 g/mol. The molecule has 1 fully saturated rings. The second-order valence-electron chi connectivity index (χ2n) is 7.86. The lowest BCUT2D eigenvalue weighted by Gasteiger charge is -2.30. The van der Waals surface area contributed by atoms with E-state index in [1.165, 1.54) is 4.57 Å². The van der Waals surface area contributed by atoms with Gasteiger partial charge in [0.2, 0.25) is 11.4 Å². The van der Waals surface area contributed by atoms with Crippen molar-refractivity contribution < 1.29 is 14.3 Å². The van der Waals surface area contributed by atoms with Crippen LogP contribution in [0.5, 0.6) is 0 Å². The van der Waals surface area contributed by atoms with Crippen LogP contribution in [-0.4, -0.2) is 41.8 Å². The zero-order valence-corrected chi connectivity index (χ0v) is 16.4. The number of hydrogen-bond acceptors (Lipinski definition) is 4. The van der Waals surface area contributed by atoms with Crippen LogP contribution in [0.1, 0.15) is 33.9 Å². The number of fused-ring (bicyclic) bond motifs is 2. The van der Waals surface area contributed by atoms with Crippen molar-refractivity contribution in [1.29, 1.82) is 0 Å². The number of anilines is 1. The first-order valence-corrected chi connectivity index (χ1v) is 10.2. The molecule has 1 aromatic heterocycles. The molecule has 2 aromatic carbocycles. The first kappa shape index (κ1) is 18.8. The summed E-state index contributed by atoms with van der Waals surface area (Å²) in [6.07, 6.45) is 1.44. The van der Waals surface area contributed by atoms with E-state index in [2.05, 4.69) is 10.2 Å². The summed E-state index contributed by atoms with van der Waals surface area (Å²) in [6.45, 7) is 3.34. The molecule has 1 aliphatic heterocycles. The monoisotopic (exact) mass is 407 g/mol. The molecule has 1 atom stereocenters. The highest BCUT2D eigenvalue weighted by Gasteiger charge is 2.31. The van der Waals surface area contributed by atoms with Gasteiger partial charge in [-0.1, -0.05) is 24.3 Å². The van der Waals surface area contributed by atoms with Crippen LogP contribution in [0.2, 0.25) is 0 Å². The number of halogens is 1. The zero-order valence-electron chi connectivity index (χ0n) is 16.4. The number of aromatic nitrogens is 1. The number of aryl methyl sites for hydroxylation is 1. The Balaban J connectivity index is 1.78. The van der Waals surface area contributed by atoms with E-state index in [0.717, 1.165) is 49.4 Å². The van der Waals surface area contributed by atoms with Crippen molar-refractivity contribution in [2.24, 2.45) is 0 Å². The predicted octanol–water partition coefficient (Wildman–Crippen LogP) is 2.78. The van der Waals surface area contributed by atoms with Crippen LogP contribution in [0, 0.1) is 5.95 Å². The van der Waals surface area contributed by atoms with Crippen LogP contribution < -0.4 is 15.6 Å². The fourth-order valence-electron chi connectivity index (χ4n) is 4.78. The van der Waals surface area contributed by atoms with Gasteiger partial charge in [-0.25, -0.2) is 4.79 Å². The minimum absolute atomic E-state index is 0.233. The molecular formula is C23H22FN3O3. The molecule has 0 saturated carbocycles. The number of nitrogens with one attached hydrogen (secondary N) is 1. The Hall–Kier alpha value is -3.19. The molecular weight excluding hydrogens is 385 g/mol. The molecule has 6 nitrogen and oxygen atoms in total. The first-order chi connectivity index (χ1) is 14.6. The maximum atomic E-state index is 15.6. The third-order valence-corrected chi connectivity index (χ3v) is 6.24. The van der Waals surface area contributed by atoms with Crippen molar-refractivity contribution in [3.8, 4) is 0 Å². The van der Waals surface area contributed by atoms with E-state index >= 15 is 4.39 Å². The number of benzene rings is 2. The molecule has 154 valence electrons. The van der Waals surface area contributed by atoms with Crippen LogP contribution in [-0.2, 0) is 6.42 Å². The third-order valence-electron chi connectivity index (χ3n) is 6.24. The summed E-state index contributed by atoms with van der Waals surface area (Å²) >= 11 is 0. The summed E-state index contributed by atoms with van der Waals surface area (Å²) in [6, 6.07) is 12.8. The van der Waals surface area contributed by atoms with E-state index in [4.69, 9.17) is 0 Å². The van der Waals surface area contributed by atoms with E-state index in [1.54, 1.807) is 6.07 Å².